The third-order valence-electron chi connectivity index (χ3n) is 4.79. The summed E-state index contributed by atoms with van der Waals surface area (Å²) in [5.41, 5.74) is 0. The maximum atomic E-state index is 11.9. The van der Waals surface area contributed by atoms with Crippen molar-refractivity contribution in [1.82, 2.24) is 0 Å². The highest BCUT2D eigenvalue weighted by molar-refractivity contribution is 5.85. The Bertz CT molecular complexity index is 246. The standard InChI is InChI=1S/C12H18O/c1-2-10-8-3-7-4-9(6-8)12(13)11(10)5-7/h7-11H,2-6H2,1H3/t7?,8?,9?,10-,11?/m1/s1. The van der Waals surface area contributed by atoms with E-state index in [9.17, 15) is 4.79 Å². The molecule has 0 aliphatic heterocycles. The molecule has 0 radical (unpaired) electrons. The summed E-state index contributed by atoms with van der Waals surface area (Å²) in [6.07, 6.45) is 6.40. The highest BCUT2D eigenvalue weighted by Crippen LogP contribution is 2.55. The zero-order valence-electron chi connectivity index (χ0n) is 8.33. The molecule has 4 fully saturated rings. The number of Topliss-reactive ketones (excluding diaryl/α,β-unsaturated/α-hetero) is 1. The highest BCUT2D eigenvalue weighted by Gasteiger charge is 2.52. The van der Waals surface area contributed by atoms with Crippen molar-refractivity contribution < 1.29 is 4.79 Å². The minimum atomic E-state index is 0.487. The van der Waals surface area contributed by atoms with Crippen molar-refractivity contribution >= 4 is 5.78 Å². The third kappa shape index (κ3) is 0.963. The molecular weight excluding hydrogens is 160 g/mol. The molecule has 1 heteroatoms. The summed E-state index contributed by atoms with van der Waals surface area (Å²) < 4.78 is 0. The molecule has 0 amide bonds. The second-order valence-corrected chi connectivity index (χ2v) is 5.35. The van der Waals surface area contributed by atoms with Gasteiger partial charge >= 0.3 is 0 Å². The van der Waals surface area contributed by atoms with Gasteiger partial charge in [-0.25, -0.2) is 0 Å². The Hall–Kier alpha value is -0.330. The van der Waals surface area contributed by atoms with Crippen LogP contribution < -0.4 is 0 Å². The zero-order chi connectivity index (χ0) is 9.00. The Balaban J connectivity index is 1.94. The van der Waals surface area contributed by atoms with Crippen LogP contribution >= 0.6 is 0 Å². The summed E-state index contributed by atoms with van der Waals surface area (Å²) in [6, 6.07) is 0. The van der Waals surface area contributed by atoms with Crippen molar-refractivity contribution in [1.29, 1.82) is 0 Å². The lowest BCUT2D eigenvalue weighted by Gasteiger charge is -2.53. The minimum Gasteiger partial charge on any atom is -0.299 e. The number of rotatable bonds is 1. The summed E-state index contributed by atoms with van der Waals surface area (Å²) in [6.45, 7) is 2.26. The average molecular weight is 178 g/mol. The van der Waals surface area contributed by atoms with Crippen molar-refractivity contribution in [3.63, 3.8) is 0 Å². The van der Waals surface area contributed by atoms with E-state index in [0.29, 0.717) is 17.6 Å². The smallest absolute Gasteiger partial charge is 0.139 e. The molecule has 0 spiro atoms. The lowest BCUT2D eigenvalue weighted by atomic mass is 9.51. The second kappa shape index (κ2) is 2.59. The fourth-order valence-electron chi connectivity index (χ4n) is 4.37. The molecule has 4 rings (SSSR count). The zero-order valence-corrected chi connectivity index (χ0v) is 8.33. The third-order valence-corrected chi connectivity index (χ3v) is 4.79. The van der Waals surface area contributed by atoms with Gasteiger partial charge in [-0.3, -0.25) is 4.79 Å². The van der Waals surface area contributed by atoms with Gasteiger partial charge in [-0.05, 0) is 43.4 Å². The van der Waals surface area contributed by atoms with Gasteiger partial charge in [0.1, 0.15) is 5.78 Å². The predicted octanol–water partition coefficient (Wildman–Crippen LogP) is 2.65. The molecule has 4 aliphatic carbocycles. The number of carbonyl (C=O) groups is 1. The summed E-state index contributed by atoms with van der Waals surface area (Å²) in [5.74, 6) is 4.23. The number of carbonyl (C=O) groups excluding carboxylic acids is 1. The summed E-state index contributed by atoms with van der Waals surface area (Å²) in [5, 5.41) is 0. The SMILES string of the molecule is CC[C@@H]1C2CC3CC(C2)C(=O)C1C3. The van der Waals surface area contributed by atoms with Crippen LogP contribution in [0.5, 0.6) is 0 Å². The summed E-state index contributed by atoms with van der Waals surface area (Å²) >= 11 is 0. The molecule has 0 heterocycles. The molecule has 13 heavy (non-hydrogen) atoms. The molecule has 0 saturated heterocycles. The van der Waals surface area contributed by atoms with Gasteiger partial charge in [0.2, 0.25) is 0 Å². The van der Waals surface area contributed by atoms with Gasteiger partial charge in [0, 0.05) is 11.8 Å². The van der Waals surface area contributed by atoms with Gasteiger partial charge in [0.05, 0.1) is 0 Å². The summed E-state index contributed by atoms with van der Waals surface area (Å²) in [7, 11) is 0. The molecule has 0 aromatic rings. The van der Waals surface area contributed by atoms with E-state index in [4.69, 9.17) is 0 Å². The van der Waals surface area contributed by atoms with Gasteiger partial charge < -0.3 is 0 Å². The van der Waals surface area contributed by atoms with Crippen molar-refractivity contribution in [2.24, 2.45) is 29.6 Å². The van der Waals surface area contributed by atoms with E-state index >= 15 is 0 Å². The summed E-state index contributed by atoms with van der Waals surface area (Å²) in [4.78, 5) is 11.9. The van der Waals surface area contributed by atoms with Crippen LogP contribution in [0.15, 0.2) is 0 Å². The quantitative estimate of drug-likeness (QED) is 0.603. The largest absolute Gasteiger partial charge is 0.299 e. The van der Waals surface area contributed by atoms with E-state index in [0.717, 1.165) is 17.8 Å². The Morgan fingerprint density at radius 1 is 1.23 bits per heavy atom. The lowest BCUT2D eigenvalue weighted by molar-refractivity contribution is -0.146. The lowest BCUT2D eigenvalue weighted by Crippen LogP contribution is -2.50. The highest BCUT2D eigenvalue weighted by atomic mass is 16.1. The molecule has 0 aromatic carbocycles. The first-order valence-electron chi connectivity index (χ1n) is 5.83. The predicted molar refractivity (Wildman–Crippen MR) is 51.2 cm³/mol. The van der Waals surface area contributed by atoms with E-state index in [1.54, 1.807) is 0 Å². The van der Waals surface area contributed by atoms with Gasteiger partial charge in [-0.2, -0.15) is 0 Å². The van der Waals surface area contributed by atoms with Crippen molar-refractivity contribution in [2.45, 2.75) is 39.0 Å². The number of ketones is 1. The van der Waals surface area contributed by atoms with Crippen molar-refractivity contribution in [3.8, 4) is 0 Å². The van der Waals surface area contributed by atoms with Gasteiger partial charge in [-0.15, -0.1) is 0 Å². The van der Waals surface area contributed by atoms with Gasteiger partial charge in [-0.1, -0.05) is 13.3 Å². The second-order valence-electron chi connectivity index (χ2n) is 5.35. The fourth-order valence-corrected chi connectivity index (χ4v) is 4.37. The van der Waals surface area contributed by atoms with Crippen molar-refractivity contribution in [3.05, 3.63) is 0 Å². The first-order valence-corrected chi connectivity index (χ1v) is 5.83. The van der Waals surface area contributed by atoms with Crippen LogP contribution in [0.25, 0.3) is 0 Å². The van der Waals surface area contributed by atoms with Crippen LogP contribution in [-0.4, -0.2) is 5.78 Å². The van der Waals surface area contributed by atoms with Crippen molar-refractivity contribution in [2.75, 3.05) is 0 Å². The molecule has 1 nitrogen and oxygen atoms in total. The monoisotopic (exact) mass is 178 g/mol. The molecule has 4 aliphatic rings. The Labute approximate surface area is 79.9 Å². The number of hydrogen-bond acceptors (Lipinski definition) is 1. The molecule has 4 saturated carbocycles. The maximum absolute atomic E-state index is 11.9. The Morgan fingerprint density at radius 3 is 2.85 bits per heavy atom. The molecule has 0 aromatic heterocycles. The Morgan fingerprint density at radius 2 is 2.08 bits per heavy atom. The van der Waals surface area contributed by atoms with Gasteiger partial charge in [0.15, 0.2) is 0 Å². The first-order chi connectivity index (χ1) is 6.29. The molecule has 72 valence electrons. The maximum Gasteiger partial charge on any atom is 0.139 e. The van der Waals surface area contributed by atoms with E-state index in [-0.39, 0.29) is 0 Å². The molecule has 4 unspecified atom stereocenters. The molecular formula is C12H18O. The van der Waals surface area contributed by atoms with E-state index in [1.165, 1.54) is 32.1 Å². The van der Waals surface area contributed by atoms with Crippen LogP contribution in [-0.2, 0) is 4.79 Å². The molecule has 5 atom stereocenters. The number of hydrogen-bond donors (Lipinski definition) is 0. The average Bonchev–Trinajstić information content (AvgIpc) is 2.13. The van der Waals surface area contributed by atoms with Crippen LogP contribution in [0.1, 0.15) is 39.0 Å². The minimum absolute atomic E-state index is 0.487. The topological polar surface area (TPSA) is 17.1 Å². The fraction of sp³-hybridized carbons (Fsp3) is 0.917. The normalized spacial score (nSPS) is 53.0. The van der Waals surface area contributed by atoms with E-state index in [2.05, 4.69) is 6.92 Å². The van der Waals surface area contributed by atoms with Gasteiger partial charge in [0.25, 0.3) is 0 Å². The van der Waals surface area contributed by atoms with Crippen LogP contribution in [0.3, 0.4) is 0 Å². The molecule has 4 bridgehead atoms. The van der Waals surface area contributed by atoms with E-state index < -0.39 is 0 Å². The van der Waals surface area contributed by atoms with Crippen LogP contribution in [0, 0.1) is 29.6 Å². The molecule has 0 N–H and O–H groups in total. The van der Waals surface area contributed by atoms with E-state index in [1.807, 2.05) is 0 Å². The van der Waals surface area contributed by atoms with Crippen LogP contribution in [0.4, 0.5) is 0 Å². The Kier molecular flexibility index (Phi) is 1.59. The van der Waals surface area contributed by atoms with Crippen LogP contribution in [0.2, 0.25) is 0 Å². The first kappa shape index (κ1) is 8.02.